The Morgan fingerprint density at radius 3 is 1.94 bits per heavy atom. The minimum Gasteiger partial charge on any atom is -0.508 e. The summed E-state index contributed by atoms with van der Waals surface area (Å²) in [5.41, 5.74) is 1.19. The van der Waals surface area contributed by atoms with Crippen molar-refractivity contribution in [1.29, 1.82) is 0 Å². The van der Waals surface area contributed by atoms with Crippen molar-refractivity contribution in [3.05, 3.63) is 50.4 Å². The monoisotopic (exact) mass is 306 g/mol. The smallest absolute Gasteiger partial charge is 0.118 e. The largest absolute Gasteiger partial charge is 0.508 e. The molecule has 0 aromatic heterocycles. The third-order valence-electron chi connectivity index (χ3n) is 2.22. The first-order valence-electron chi connectivity index (χ1n) is 4.62. The maximum atomic E-state index is 9.36. The van der Waals surface area contributed by atoms with Gasteiger partial charge in [0.25, 0.3) is 0 Å². The van der Waals surface area contributed by atoms with Gasteiger partial charge < -0.3 is 5.11 Å². The van der Waals surface area contributed by atoms with Crippen molar-refractivity contribution in [1.82, 2.24) is 0 Å². The van der Waals surface area contributed by atoms with E-state index in [1.54, 1.807) is 18.2 Å². The standard InChI is InChI=1S/C12H6Cl4O/c13-6-1-2-9(14)8(3-6)12-10(15)4-7(17)5-11(12)16/h1-5,17H. The molecule has 88 valence electrons. The molecule has 0 heterocycles. The predicted octanol–water partition coefficient (Wildman–Crippen LogP) is 5.67. The van der Waals surface area contributed by atoms with Gasteiger partial charge in [-0.25, -0.2) is 0 Å². The number of phenols is 1. The minimum atomic E-state index is 0.00176. The molecule has 0 fully saturated rings. The Labute approximate surface area is 118 Å². The molecular formula is C12H6Cl4O. The molecule has 0 amide bonds. The van der Waals surface area contributed by atoms with Crippen molar-refractivity contribution in [3.63, 3.8) is 0 Å². The summed E-state index contributed by atoms with van der Waals surface area (Å²) >= 11 is 24.1. The van der Waals surface area contributed by atoms with Crippen LogP contribution in [0, 0.1) is 0 Å². The zero-order valence-corrected chi connectivity index (χ0v) is 11.4. The second-order valence-corrected chi connectivity index (χ2v) is 5.07. The van der Waals surface area contributed by atoms with Gasteiger partial charge in [0.2, 0.25) is 0 Å². The van der Waals surface area contributed by atoms with Crippen LogP contribution in [0.3, 0.4) is 0 Å². The summed E-state index contributed by atoms with van der Waals surface area (Å²) in [6, 6.07) is 7.82. The first-order chi connectivity index (χ1) is 7.99. The van der Waals surface area contributed by atoms with E-state index in [0.717, 1.165) is 0 Å². The van der Waals surface area contributed by atoms with Gasteiger partial charge in [-0.2, -0.15) is 0 Å². The van der Waals surface area contributed by atoms with E-state index in [2.05, 4.69) is 0 Å². The van der Waals surface area contributed by atoms with Gasteiger partial charge in [0.15, 0.2) is 0 Å². The molecule has 2 aromatic carbocycles. The van der Waals surface area contributed by atoms with Crippen LogP contribution < -0.4 is 0 Å². The number of hydrogen-bond donors (Lipinski definition) is 1. The number of halogens is 4. The van der Waals surface area contributed by atoms with Crippen molar-refractivity contribution in [2.75, 3.05) is 0 Å². The number of benzene rings is 2. The zero-order valence-electron chi connectivity index (χ0n) is 8.35. The van der Waals surface area contributed by atoms with Crippen LogP contribution in [0.5, 0.6) is 5.75 Å². The van der Waals surface area contributed by atoms with Gasteiger partial charge in [-0.15, -0.1) is 0 Å². The summed E-state index contributed by atoms with van der Waals surface area (Å²) in [6.45, 7) is 0. The van der Waals surface area contributed by atoms with Gasteiger partial charge in [-0.1, -0.05) is 46.4 Å². The molecule has 1 nitrogen and oxygen atoms in total. The highest BCUT2D eigenvalue weighted by Crippen LogP contribution is 2.41. The lowest BCUT2D eigenvalue weighted by Gasteiger charge is -2.10. The fourth-order valence-electron chi connectivity index (χ4n) is 1.51. The van der Waals surface area contributed by atoms with Crippen LogP contribution in [0.1, 0.15) is 0 Å². The van der Waals surface area contributed by atoms with Gasteiger partial charge in [-0.05, 0) is 30.3 Å². The predicted molar refractivity (Wildman–Crippen MR) is 73.6 cm³/mol. The molecule has 0 radical (unpaired) electrons. The van der Waals surface area contributed by atoms with Crippen LogP contribution in [0.2, 0.25) is 20.1 Å². The highest BCUT2D eigenvalue weighted by molar-refractivity contribution is 6.41. The van der Waals surface area contributed by atoms with E-state index in [-0.39, 0.29) is 5.75 Å². The van der Waals surface area contributed by atoms with E-state index in [1.165, 1.54) is 12.1 Å². The van der Waals surface area contributed by atoms with Gasteiger partial charge in [-0.3, -0.25) is 0 Å². The number of aromatic hydroxyl groups is 1. The lowest BCUT2D eigenvalue weighted by atomic mass is 10.1. The van der Waals surface area contributed by atoms with Gasteiger partial charge >= 0.3 is 0 Å². The van der Waals surface area contributed by atoms with Gasteiger partial charge in [0.1, 0.15) is 5.75 Å². The van der Waals surface area contributed by atoms with Crippen molar-refractivity contribution < 1.29 is 5.11 Å². The quantitative estimate of drug-likeness (QED) is 0.719. The Hall–Kier alpha value is -0.600. The third kappa shape index (κ3) is 2.63. The fourth-order valence-corrected chi connectivity index (χ4v) is 2.57. The molecule has 0 aliphatic heterocycles. The van der Waals surface area contributed by atoms with Crippen molar-refractivity contribution in [2.45, 2.75) is 0 Å². The van der Waals surface area contributed by atoms with Gasteiger partial charge in [0, 0.05) is 21.2 Å². The Morgan fingerprint density at radius 2 is 1.35 bits per heavy atom. The van der Waals surface area contributed by atoms with E-state index in [1.807, 2.05) is 0 Å². The SMILES string of the molecule is Oc1cc(Cl)c(-c2cc(Cl)ccc2Cl)c(Cl)c1. The highest BCUT2D eigenvalue weighted by Gasteiger charge is 2.13. The first-order valence-corrected chi connectivity index (χ1v) is 6.13. The van der Waals surface area contributed by atoms with E-state index < -0.39 is 0 Å². The second-order valence-electron chi connectivity index (χ2n) is 3.41. The number of rotatable bonds is 1. The molecule has 0 unspecified atom stereocenters. The summed E-state index contributed by atoms with van der Waals surface area (Å²) in [5, 5.41) is 11.0. The maximum absolute atomic E-state index is 9.36. The first kappa shape index (κ1) is 12.8. The topological polar surface area (TPSA) is 20.2 Å². The van der Waals surface area contributed by atoms with Crippen molar-refractivity contribution >= 4 is 46.4 Å². The molecule has 0 aliphatic rings. The number of phenolic OH excluding ortho intramolecular Hbond substituents is 1. The van der Waals surface area contributed by atoms with E-state index in [9.17, 15) is 5.11 Å². The molecule has 0 saturated carbocycles. The average Bonchev–Trinajstić information content (AvgIpc) is 2.21. The molecule has 0 atom stereocenters. The van der Waals surface area contributed by atoms with E-state index in [4.69, 9.17) is 46.4 Å². The van der Waals surface area contributed by atoms with Crippen molar-refractivity contribution in [2.24, 2.45) is 0 Å². The molecule has 0 saturated heterocycles. The van der Waals surface area contributed by atoms with Crippen LogP contribution in [0.15, 0.2) is 30.3 Å². The zero-order chi connectivity index (χ0) is 12.6. The summed E-state index contributed by atoms with van der Waals surface area (Å²) in [7, 11) is 0. The lowest BCUT2D eigenvalue weighted by molar-refractivity contribution is 0.475. The summed E-state index contributed by atoms with van der Waals surface area (Å²) in [5.74, 6) is 0.00176. The Morgan fingerprint density at radius 1 is 0.765 bits per heavy atom. The summed E-state index contributed by atoms with van der Waals surface area (Å²) < 4.78 is 0. The molecule has 2 aromatic rings. The summed E-state index contributed by atoms with van der Waals surface area (Å²) in [4.78, 5) is 0. The average molecular weight is 308 g/mol. The molecule has 1 N–H and O–H groups in total. The highest BCUT2D eigenvalue weighted by atomic mass is 35.5. The molecule has 2 rings (SSSR count). The molecule has 0 spiro atoms. The Bertz CT molecular complexity index is 558. The Balaban J connectivity index is 2.72. The molecular weight excluding hydrogens is 302 g/mol. The third-order valence-corrected chi connectivity index (χ3v) is 3.39. The van der Waals surface area contributed by atoms with Crippen LogP contribution in [-0.4, -0.2) is 5.11 Å². The minimum absolute atomic E-state index is 0.00176. The number of hydrogen-bond acceptors (Lipinski definition) is 1. The van der Waals surface area contributed by atoms with Crippen LogP contribution in [0.25, 0.3) is 11.1 Å². The Kier molecular flexibility index (Phi) is 3.74. The lowest BCUT2D eigenvalue weighted by Crippen LogP contribution is -1.84. The maximum Gasteiger partial charge on any atom is 0.118 e. The molecule has 0 bridgehead atoms. The fraction of sp³-hybridized carbons (Fsp3) is 0. The molecule has 0 aliphatic carbocycles. The van der Waals surface area contributed by atoms with Crippen LogP contribution >= 0.6 is 46.4 Å². The second kappa shape index (κ2) is 4.95. The normalized spacial score (nSPS) is 10.6. The van der Waals surface area contributed by atoms with Crippen molar-refractivity contribution in [3.8, 4) is 16.9 Å². The molecule has 5 heteroatoms. The van der Waals surface area contributed by atoms with Gasteiger partial charge in [0.05, 0.1) is 10.0 Å². The van der Waals surface area contributed by atoms with Crippen LogP contribution in [-0.2, 0) is 0 Å². The van der Waals surface area contributed by atoms with E-state index >= 15 is 0 Å². The summed E-state index contributed by atoms with van der Waals surface area (Å²) in [6.07, 6.45) is 0. The van der Waals surface area contributed by atoms with Crippen LogP contribution in [0.4, 0.5) is 0 Å². The van der Waals surface area contributed by atoms with E-state index in [0.29, 0.717) is 31.2 Å². The molecule has 17 heavy (non-hydrogen) atoms.